The number of benzene rings is 2. The van der Waals surface area contributed by atoms with Gasteiger partial charge in [0.1, 0.15) is 6.04 Å². The molecule has 7 heteroatoms. The van der Waals surface area contributed by atoms with Gasteiger partial charge in [-0.15, -0.1) is 11.8 Å². The van der Waals surface area contributed by atoms with E-state index < -0.39 is 16.1 Å². The molecule has 1 amide bonds. The quantitative estimate of drug-likeness (QED) is 0.477. The van der Waals surface area contributed by atoms with Gasteiger partial charge in [-0.05, 0) is 62.6 Å². The van der Waals surface area contributed by atoms with Crippen molar-refractivity contribution in [2.45, 2.75) is 45.1 Å². The molecule has 158 valence electrons. The summed E-state index contributed by atoms with van der Waals surface area (Å²) in [5.74, 6) is 0.439. The second-order valence-corrected chi connectivity index (χ2v) is 10.2. The number of amides is 1. The number of nitrogens with zero attached hydrogens (tertiary/aromatic N) is 1. The summed E-state index contributed by atoms with van der Waals surface area (Å²) in [6.07, 6.45) is 1.53. The SMILES string of the molecule is CCC(C(=O)NCCSc1ccc(C)cc1)N(c1ccc(C)c(C)c1)S(C)(=O)=O. The Morgan fingerprint density at radius 1 is 1.07 bits per heavy atom. The van der Waals surface area contributed by atoms with Gasteiger partial charge >= 0.3 is 0 Å². The predicted molar refractivity (Wildman–Crippen MR) is 122 cm³/mol. The molecule has 0 saturated heterocycles. The van der Waals surface area contributed by atoms with E-state index in [1.165, 1.54) is 9.87 Å². The van der Waals surface area contributed by atoms with Crippen LogP contribution in [0.25, 0.3) is 0 Å². The Labute approximate surface area is 178 Å². The lowest BCUT2D eigenvalue weighted by Gasteiger charge is -2.30. The predicted octanol–water partition coefficient (Wildman–Crippen LogP) is 4.06. The number of rotatable bonds is 9. The normalized spacial score (nSPS) is 12.4. The van der Waals surface area contributed by atoms with Crippen LogP contribution in [0.15, 0.2) is 47.4 Å². The molecule has 2 aromatic rings. The molecule has 1 N–H and O–H groups in total. The first-order valence-corrected chi connectivity index (χ1v) is 12.5. The fourth-order valence-electron chi connectivity index (χ4n) is 3.02. The van der Waals surface area contributed by atoms with Gasteiger partial charge in [0.2, 0.25) is 15.9 Å². The number of aryl methyl sites for hydroxylation is 3. The van der Waals surface area contributed by atoms with Crippen molar-refractivity contribution < 1.29 is 13.2 Å². The molecular formula is C22H30N2O3S2. The number of anilines is 1. The average molecular weight is 435 g/mol. The third-order valence-electron chi connectivity index (χ3n) is 4.77. The van der Waals surface area contributed by atoms with Crippen molar-refractivity contribution in [3.05, 3.63) is 59.2 Å². The van der Waals surface area contributed by atoms with Crippen LogP contribution in [0.2, 0.25) is 0 Å². The van der Waals surface area contributed by atoms with E-state index in [0.717, 1.165) is 22.3 Å². The second-order valence-electron chi connectivity index (χ2n) is 7.20. The third kappa shape index (κ3) is 6.51. The summed E-state index contributed by atoms with van der Waals surface area (Å²) >= 11 is 1.66. The molecule has 2 aromatic carbocycles. The molecule has 0 heterocycles. The Balaban J connectivity index is 2.07. The number of nitrogens with one attached hydrogen (secondary N) is 1. The Hall–Kier alpha value is -1.99. The molecule has 1 atom stereocenters. The van der Waals surface area contributed by atoms with Crippen LogP contribution in [0.4, 0.5) is 5.69 Å². The van der Waals surface area contributed by atoms with Crippen LogP contribution in [-0.4, -0.2) is 38.9 Å². The van der Waals surface area contributed by atoms with E-state index in [4.69, 9.17) is 0 Å². The highest BCUT2D eigenvalue weighted by Gasteiger charge is 2.31. The average Bonchev–Trinajstić information content (AvgIpc) is 2.66. The minimum atomic E-state index is -3.61. The lowest BCUT2D eigenvalue weighted by molar-refractivity contribution is -0.122. The lowest BCUT2D eigenvalue weighted by atomic mass is 10.1. The molecule has 2 rings (SSSR count). The van der Waals surface area contributed by atoms with E-state index in [1.54, 1.807) is 17.8 Å². The maximum Gasteiger partial charge on any atom is 0.243 e. The van der Waals surface area contributed by atoms with Gasteiger partial charge in [0.25, 0.3) is 0 Å². The van der Waals surface area contributed by atoms with Crippen LogP contribution in [-0.2, 0) is 14.8 Å². The number of carbonyl (C=O) groups is 1. The van der Waals surface area contributed by atoms with Crippen LogP contribution in [0.5, 0.6) is 0 Å². The highest BCUT2D eigenvalue weighted by atomic mass is 32.2. The van der Waals surface area contributed by atoms with Gasteiger partial charge in [-0.3, -0.25) is 9.10 Å². The van der Waals surface area contributed by atoms with Gasteiger partial charge in [-0.2, -0.15) is 0 Å². The Kier molecular flexibility index (Phi) is 8.16. The van der Waals surface area contributed by atoms with Crippen LogP contribution >= 0.6 is 11.8 Å². The molecule has 0 aliphatic rings. The standard InChI is InChI=1S/C22H30N2O3S2/c1-6-21(22(25)23-13-14-28-20-11-7-16(2)8-12-20)24(29(5,26)27)19-10-9-17(3)18(4)15-19/h7-12,15,21H,6,13-14H2,1-5H3,(H,23,25). The van der Waals surface area contributed by atoms with Crippen molar-refractivity contribution in [1.82, 2.24) is 5.32 Å². The van der Waals surface area contributed by atoms with Crippen LogP contribution in [0, 0.1) is 20.8 Å². The number of sulfonamides is 1. The van der Waals surface area contributed by atoms with Crippen molar-refractivity contribution in [2.75, 3.05) is 22.9 Å². The zero-order valence-corrected chi connectivity index (χ0v) is 19.4. The number of hydrogen-bond acceptors (Lipinski definition) is 4. The molecule has 0 saturated carbocycles. The summed E-state index contributed by atoms with van der Waals surface area (Å²) in [5.41, 5.74) is 3.79. The Morgan fingerprint density at radius 3 is 2.28 bits per heavy atom. The molecule has 0 aliphatic heterocycles. The minimum Gasteiger partial charge on any atom is -0.353 e. The molecule has 0 radical (unpaired) electrons. The van der Waals surface area contributed by atoms with Gasteiger partial charge in [-0.25, -0.2) is 8.42 Å². The molecule has 0 spiro atoms. The molecule has 1 unspecified atom stereocenters. The number of thioether (sulfide) groups is 1. The van der Waals surface area contributed by atoms with Crippen molar-refractivity contribution in [3.63, 3.8) is 0 Å². The van der Waals surface area contributed by atoms with E-state index in [1.807, 2.05) is 39.8 Å². The van der Waals surface area contributed by atoms with Crippen molar-refractivity contribution >= 4 is 33.4 Å². The molecule has 5 nitrogen and oxygen atoms in total. The molecule has 0 aliphatic carbocycles. The maximum atomic E-state index is 12.8. The minimum absolute atomic E-state index is 0.277. The first kappa shape index (κ1) is 23.3. The topological polar surface area (TPSA) is 66.5 Å². The summed E-state index contributed by atoms with van der Waals surface area (Å²) in [7, 11) is -3.61. The summed E-state index contributed by atoms with van der Waals surface area (Å²) in [5, 5.41) is 2.90. The Morgan fingerprint density at radius 2 is 1.72 bits per heavy atom. The molecule has 0 aromatic heterocycles. The fraction of sp³-hybridized carbons (Fsp3) is 0.409. The monoisotopic (exact) mass is 434 g/mol. The highest BCUT2D eigenvalue weighted by Crippen LogP contribution is 2.25. The van der Waals surface area contributed by atoms with E-state index in [-0.39, 0.29) is 5.91 Å². The van der Waals surface area contributed by atoms with Crippen LogP contribution < -0.4 is 9.62 Å². The lowest BCUT2D eigenvalue weighted by Crippen LogP contribution is -2.49. The summed E-state index contributed by atoms with van der Waals surface area (Å²) in [6.45, 7) is 8.24. The van der Waals surface area contributed by atoms with E-state index in [9.17, 15) is 13.2 Å². The number of carbonyl (C=O) groups excluding carboxylic acids is 1. The molecule has 0 bridgehead atoms. The van der Waals surface area contributed by atoms with Gasteiger partial charge in [-0.1, -0.05) is 30.7 Å². The van der Waals surface area contributed by atoms with E-state index >= 15 is 0 Å². The summed E-state index contributed by atoms with van der Waals surface area (Å²) in [6, 6.07) is 12.9. The maximum absolute atomic E-state index is 12.8. The summed E-state index contributed by atoms with van der Waals surface area (Å²) in [4.78, 5) is 14.0. The largest absolute Gasteiger partial charge is 0.353 e. The van der Waals surface area contributed by atoms with Crippen molar-refractivity contribution in [3.8, 4) is 0 Å². The van der Waals surface area contributed by atoms with Crippen LogP contribution in [0.1, 0.15) is 30.0 Å². The Bertz CT molecular complexity index is 941. The molecule has 0 fully saturated rings. The van der Waals surface area contributed by atoms with Crippen molar-refractivity contribution in [1.29, 1.82) is 0 Å². The summed E-state index contributed by atoms with van der Waals surface area (Å²) < 4.78 is 26.3. The van der Waals surface area contributed by atoms with E-state index in [0.29, 0.717) is 24.4 Å². The molecule has 29 heavy (non-hydrogen) atoms. The third-order valence-corrected chi connectivity index (χ3v) is 6.96. The highest BCUT2D eigenvalue weighted by molar-refractivity contribution is 7.99. The molecular weight excluding hydrogens is 404 g/mol. The van der Waals surface area contributed by atoms with Gasteiger partial charge in [0.05, 0.1) is 11.9 Å². The second kappa shape index (κ2) is 10.2. The zero-order chi connectivity index (χ0) is 21.6. The van der Waals surface area contributed by atoms with Gasteiger partial charge < -0.3 is 5.32 Å². The first-order chi connectivity index (χ1) is 13.6. The van der Waals surface area contributed by atoms with Crippen molar-refractivity contribution in [2.24, 2.45) is 0 Å². The number of hydrogen-bond donors (Lipinski definition) is 1. The smallest absolute Gasteiger partial charge is 0.243 e. The first-order valence-electron chi connectivity index (χ1n) is 9.67. The van der Waals surface area contributed by atoms with Crippen LogP contribution in [0.3, 0.4) is 0 Å². The fourth-order valence-corrected chi connectivity index (χ4v) is 4.99. The zero-order valence-electron chi connectivity index (χ0n) is 17.7. The van der Waals surface area contributed by atoms with Gasteiger partial charge in [0, 0.05) is 17.2 Å². The van der Waals surface area contributed by atoms with E-state index in [2.05, 4.69) is 29.6 Å². The van der Waals surface area contributed by atoms with Gasteiger partial charge in [0.15, 0.2) is 0 Å².